The van der Waals surface area contributed by atoms with E-state index in [-0.39, 0.29) is 11.9 Å². The van der Waals surface area contributed by atoms with Crippen molar-refractivity contribution in [2.24, 2.45) is 0 Å². The molecule has 1 aromatic heterocycles. The fourth-order valence-corrected chi connectivity index (χ4v) is 3.19. The van der Waals surface area contributed by atoms with E-state index in [4.69, 9.17) is 9.47 Å². The van der Waals surface area contributed by atoms with Gasteiger partial charge in [-0.25, -0.2) is 0 Å². The Balaban J connectivity index is 1.80. The average Bonchev–Trinajstić information content (AvgIpc) is 3.21. The molecule has 0 saturated carbocycles. The molecule has 1 atom stereocenters. The zero-order chi connectivity index (χ0) is 19.2. The first-order valence-electron chi connectivity index (χ1n) is 8.82. The van der Waals surface area contributed by atoms with Gasteiger partial charge in [-0.15, -0.1) is 0 Å². The molecule has 0 fully saturated rings. The second-order valence-corrected chi connectivity index (χ2v) is 6.32. The molecule has 3 aromatic rings. The van der Waals surface area contributed by atoms with Gasteiger partial charge in [-0.3, -0.25) is 4.79 Å². The number of methoxy groups -OCH3 is 2. The molecule has 1 unspecified atom stereocenters. The lowest BCUT2D eigenvalue weighted by Crippen LogP contribution is -2.20. The highest BCUT2D eigenvalue weighted by Gasteiger charge is 2.19. The Morgan fingerprint density at radius 3 is 2.37 bits per heavy atom. The van der Waals surface area contributed by atoms with Gasteiger partial charge in [0, 0.05) is 24.1 Å². The Morgan fingerprint density at radius 1 is 1.00 bits per heavy atom. The average molecular weight is 364 g/mol. The summed E-state index contributed by atoms with van der Waals surface area (Å²) in [5.41, 5.74) is 2.97. The molecule has 0 saturated heterocycles. The minimum atomic E-state index is -0.0682. The van der Waals surface area contributed by atoms with E-state index in [1.807, 2.05) is 36.7 Å². The number of benzene rings is 2. The van der Waals surface area contributed by atoms with Crippen molar-refractivity contribution in [2.75, 3.05) is 19.5 Å². The molecule has 1 N–H and O–H groups in total. The molecule has 3 rings (SSSR count). The Morgan fingerprint density at radius 2 is 1.70 bits per heavy atom. The zero-order valence-electron chi connectivity index (χ0n) is 15.8. The Labute approximate surface area is 159 Å². The maximum absolute atomic E-state index is 12.8. The van der Waals surface area contributed by atoms with Crippen molar-refractivity contribution in [3.63, 3.8) is 0 Å². The van der Waals surface area contributed by atoms with E-state index in [9.17, 15) is 4.79 Å². The van der Waals surface area contributed by atoms with Crippen LogP contribution in [0.3, 0.4) is 0 Å². The fraction of sp³-hybridized carbons (Fsp3) is 0.227. The third kappa shape index (κ3) is 4.31. The Bertz CT molecular complexity index is 904. The molecule has 5 heteroatoms. The molecule has 5 nitrogen and oxygen atoms in total. The van der Waals surface area contributed by atoms with Crippen LogP contribution in [-0.2, 0) is 4.79 Å². The van der Waals surface area contributed by atoms with Crippen molar-refractivity contribution in [1.29, 1.82) is 0 Å². The lowest BCUT2D eigenvalue weighted by molar-refractivity contribution is -0.116. The number of nitrogens with one attached hydrogen (secondary N) is 1. The number of aromatic nitrogens is 1. The number of amides is 1. The van der Waals surface area contributed by atoms with Gasteiger partial charge in [0.15, 0.2) is 11.5 Å². The van der Waals surface area contributed by atoms with Gasteiger partial charge in [-0.2, -0.15) is 0 Å². The number of ether oxygens (including phenoxy) is 2. The van der Waals surface area contributed by atoms with Crippen LogP contribution in [0.15, 0.2) is 67.0 Å². The molecule has 1 heterocycles. The second kappa shape index (κ2) is 8.45. The molecular formula is C22H24N2O3. The number of rotatable bonds is 7. The number of aryl methyl sites for hydroxylation is 1. The fourth-order valence-electron chi connectivity index (χ4n) is 3.19. The number of carbonyl (C=O) groups is 1. The van der Waals surface area contributed by atoms with Crippen LogP contribution in [0.4, 0.5) is 5.69 Å². The lowest BCUT2D eigenvalue weighted by atomic mass is 9.98. The van der Waals surface area contributed by atoms with Crippen molar-refractivity contribution < 1.29 is 14.3 Å². The summed E-state index contributed by atoms with van der Waals surface area (Å²) in [4.78, 5) is 12.8. The third-order valence-corrected chi connectivity index (χ3v) is 4.58. The van der Waals surface area contributed by atoms with E-state index in [2.05, 4.69) is 28.9 Å². The van der Waals surface area contributed by atoms with Crippen LogP contribution >= 0.6 is 0 Å². The molecule has 2 aromatic carbocycles. The summed E-state index contributed by atoms with van der Waals surface area (Å²) in [5, 5.41) is 2.96. The van der Waals surface area contributed by atoms with Crippen LogP contribution < -0.4 is 14.8 Å². The van der Waals surface area contributed by atoms with Crippen molar-refractivity contribution in [2.45, 2.75) is 19.4 Å². The quantitative estimate of drug-likeness (QED) is 0.675. The number of hydrogen-bond acceptors (Lipinski definition) is 3. The second-order valence-electron chi connectivity index (χ2n) is 6.32. The highest BCUT2D eigenvalue weighted by atomic mass is 16.5. The highest BCUT2D eigenvalue weighted by molar-refractivity contribution is 5.91. The first-order valence-corrected chi connectivity index (χ1v) is 8.82. The van der Waals surface area contributed by atoms with Gasteiger partial charge >= 0.3 is 0 Å². The van der Waals surface area contributed by atoms with Gasteiger partial charge in [0.05, 0.1) is 26.7 Å². The molecule has 0 aliphatic rings. The van der Waals surface area contributed by atoms with Crippen LogP contribution in [0.1, 0.15) is 23.6 Å². The molecule has 140 valence electrons. The van der Waals surface area contributed by atoms with E-state index in [0.717, 1.165) is 11.1 Å². The van der Waals surface area contributed by atoms with Crippen LogP contribution in [0.5, 0.6) is 11.5 Å². The smallest absolute Gasteiger partial charge is 0.226 e. The van der Waals surface area contributed by atoms with E-state index in [1.54, 1.807) is 32.4 Å². The summed E-state index contributed by atoms with van der Waals surface area (Å²) in [6.07, 6.45) is 4.30. The van der Waals surface area contributed by atoms with Gasteiger partial charge in [-0.1, -0.05) is 24.3 Å². The van der Waals surface area contributed by atoms with Gasteiger partial charge in [0.25, 0.3) is 0 Å². The minimum Gasteiger partial charge on any atom is -0.493 e. The molecule has 0 bridgehead atoms. The highest BCUT2D eigenvalue weighted by Crippen LogP contribution is 2.30. The predicted molar refractivity (Wildman–Crippen MR) is 107 cm³/mol. The molecular weight excluding hydrogens is 340 g/mol. The molecule has 0 radical (unpaired) electrons. The summed E-state index contributed by atoms with van der Waals surface area (Å²) in [5.74, 6) is 1.14. The van der Waals surface area contributed by atoms with Crippen LogP contribution in [-0.4, -0.2) is 24.7 Å². The number of anilines is 1. The van der Waals surface area contributed by atoms with E-state index in [1.165, 1.54) is 0 Å². The summed E-state index contributed by atoms with van der Waals surface area (Å²) in [6.45, 7) is 2.07. The first kappa shape index (κ1) is 18.6. The zero-order valence-corrected chi connectivity index (χ0v) is 15.8. The molecule has 1 amide bonds. The normalized spacial score (nSPS) is 11.7. The molecule has 0 aliphatic carbocycles. The summed E-state index contributed by atoms with van der Waals surface area (Å²) in [7, 11) is 3.16. The van der Waals surface area contributed by atoms with Crippen molar-refractivity contribution >= 4 is 11.6 Å². The third-order valence-electron chi connectivity index (χ3n) is 4.58. The predicted octanol–water partition coefficient (Wildman–Crippen LogP) is 4.43. The minimum absolute atomic E-state index is 0.0656. The van der Waals surface area contributed by atoms with Gasteiger partial charge in [-0.05, 0) is 42.3 Å². The molecule has 0 spiro atoms. The van der Waals surface area contributed by atoms with Crippen molar-refractivity contribution in [1.82, 2.24) is 4.57 Å². The summed E-state index contributed by atoms with van der Waals surface area (Å²) < 4.78 is 12.6. The van der Waals surface area contributed by atoms with Crippen LogP contribution in [0.25, 0.3) is 0 Å². The Hall–Kier alpha value is -3.21. The Kier molecular flexibility index (Phi) is 5.81. The SMILES string of the molecule is COc1ccc(NC(=O)CC(c2ccccc2C)n2cccc2)cc1OC. The topological polar surface area (TPSA) is 52.5 Å². The summed E-state index contributed by atoms with van der Waals surface area (Å²) in [6, 6.07) is 17.4. The van der Waals surface area contributed by atoms with Crippen molar-refractivity contribution in [3.8, 4) is 11.5 Å². The lowest BCUT2D eigenvalue weighted by Gasteiger charge is -2.21. The monoisotopic (exact) mass is 364 g/mol. The molecule has 0 aliphatic heterocycles. The van der Waals surface area contributed by atoms with Crippen molar-refractivity contribution in [3.05, 3.63) is 78.1 Å². The van der Waals surface area contributed by atoms with E-state index < -0.39 is 0 Å². The maximum atomic E-state index is 12.8. The van der Waals surface area contributed by atoms with Gasteiger partial charge in [0.2, 0.25) is 5.91 Å². The standard InChI is InChI=1S/C22H24N2O3/c1-16-8-4-5-9-18(16)19(24-12-6-7-13-24)15-22(25)23-17-10-11-20(26-2)21(14-17)27-3/h4-14,19H,15H2,1-3H3,(H,23,25). The van der Waals surface area contributed by atoms with Crippen LogP contribution in [0.2, 0.25) is 0 Å². The van der Waals surface area contributed by atoms with Gasteiger partial charge in [0.1, 0.15) is 0 Å². The number of carbonyl (C=O) groups excluding carboxylic acids is 1. The number of nitrogens with zero attached hydrogens (tertiary/aromatic N) is 1. The first-order chi connectivity index (χ1) is 13.1. The molecule has 27 heavy (non-hydrogen) atoms. The summed E-state index contributed by atoms with van der Waals surface area (Å²) >= 11 is 0. The van der Waals surface area contributed by atoms with Crippen LogP contribution in [0, 0.1) is 6.92 Å². The van der Waals surface area contributed by atoms with E-state index in [0.29, 0.717) is 23.6 Å². The van der Waals surface area contributed by atoms with Gasteiger partial charge < -0.3 is 19.4 Å². The number of hydrogen-bond donors (Lipinski definition) is 1. The maximum Gasteiger partial charge on any atom is 0.226 e. The van der Waals surface area contributed by atoms with E-state index >= 15 is 0 Å². The largest absolute Gasteiger partial charge is 0.493 e.